The summed E-state index contributed by atoms with van der Waals surface area (Å²) in [5.41, 5.74) is 1.74. The van der Waals surface area contributed by atoms with Crippen LogP contribution in [0.2, 0.25) is 0 Å². The second kappa shape index (κ2) is 8.46. The molecule has 4 aromatic rings. The van der Waals surface area contributed by atoms with Crippen LogP contribution in [0.5, 0.6) is 0 Å². The van der Waals surface area contributed by atoms with Crippen LogP contribution < -0.4 is 11.2 Å². The average molecular weight is 406 g/mol. The van der Waals surface area contributed by atoms with Gasteiger partial charge in [0.25, 0.3) is 5.56 Å². The lowest BCUT2D eigenvalue weighted by molar-refractivity contribution is 0.189. The number of aryl methyl sites for hydroxylation is 1. The van der Waals surface area contributed by atoms with Crippen LogP contribution in [0.1, 0.15) is 17.9 Å². The number of nitrogens with zero attached hydrogens (tertiary/aromatic N) is 4. The number of hydrogen-bond acceptors (Lipinski definition) is 6. The molecule has 0 radical (unpaired) electrons. The molecule has 0 bridgehead atoms. The number of fused-ring (bicyclic) bond motifs is 1. The van der Waals surface area contributed by atoms with Crippen LogP contribution in [0.3, 0.4) is 0 Å². The standard InChI is InChI=1S/C22H22N4O4/c1-15-7-5-8-16(13-15)20-23-19(30-24-20)14-26-18-10-4-3-9-17(18)21(27)25(22(26)28)11-6-12-29-2/h3-5,7-10,13H,6,11-12,14H2,1-2H3. The fourth-order valence-electron chi connectivity index (χ4n) is 3.44. The van der Waals surface area contributed by atoms with E-state index in [4.69, 9.17) is 9.26 Å². The molecule has 0 amide bonds. The average Bonchev–Trinajstić information content (AvgIpc) is 3.22. The highest BCUT2D eigenvalue weighted by atomic mass is 16.5. The van der Waals surface area contributed by atoms with Crippen molar-refractivity contribution in [3.05, 3.63) is 80.8 Å². The summed E-state index contributed by atoms with van der Waals surface area (Å²) in [6.07, 6.45) is 0.558. The lowest BCUT2D eigenvalue weighted by Crippen LogP contribution is -2.40. The third-order valence-corrected chi connectivity index (χ3v) is 4.90. The molecule has 8 nitrogen and oxygen atoms in total. The fourth-order valence-corrected chi connectivity index (χ4v) is 3.44. The van der Waals surface area contributed by atoms with Gasteiger partial charge >= 0.3 is 5.69 Å². The van der Waals surface area contributed by atoms with E-state index in [9.17, 15) is 9.59 Å². The first-order valence-corrected chi connectivity index (χ1v) is 9.69. The SMILES string of the molecule is COCCCn1c(=O)c2ccccc2n(Cc2nc(-c3cccc(C)c3)no2)c1=O. The molecule has 0 aliphatic carbocycles. The van der Waals surface area contributed by atoms with Crippen molar-refractivity contribution < 1.29 is 9.26 Å². The highest BCUT2D eigenvalue weighted by molar-refractivity contribution is 5.77. The van der Waals surface area contributed by atoms with Crippen molar-refractivity contribution in [2.45, 2.75) is 26.4 Å². The maximum Gasteiger partial charge on any atom is 0.331 e. The third-order valence-electron chi connectivity index (χ3n) is 4.90. The van der Waals surface area contributed by atoms with Gasteiger partial charge in [-0.1, -0.05) is 41.1 Å². The van der Waals surface area contributed by atoms with Gasteiger partial charge in [0, 0.05) is 25.8 Å². The lowest BCUT2D eigenvalue weighted by atomic mass is 10.1. The third kappa shape index (κ3) is 3.81. The Bertz CT molecular complexity index is 1300. The molecule has 154 valence electrons. The van der Waals surface area contributed by atoms with E-state index in [1.54, 1.807) is 31.4 Å². The van der Waals surface area contributed by atoms with Crippen LogP contribution in [-0.2, 0) is 17.8 Å². The van der Waals surface area contributed by atoms with Gasteiger partial charge in [-0.2, -0.15) is 4.98 Å². The van der Waals surface area contributed by atoms with Crippen molar-refractivity contribution in [1.29, 1.82) is 0 Å². The number of aromatic nitrogens is 4. The first-order chi connectivity index (χ1) is 14.6. The van der Waals surface area contributed by atoms with E-state index in [2.05, 4.69) is 10.1 Å². The number of benzene rings is 2. The van der Waals surface area contributed by atoms with Crippen molar-refractivity contribution in [2.75, 3.05) is 13.7 Å². The van der Waals surface area contributed by atoms with Crippen molar-refractivity contribution in [2.24, 2.45) is 0 Å². The zero-order valence-corrected chi connectivity index (χ0v) is 16.9. The summed E-state index contributed by atoms with van der Waals surface area (Å²) in [7, 11) is 1.59. The zero-order valence-electron chi connectivity index (χ0n) is 16.9. The quantitative estimate of drug-likeness (QED) is 0.438. The fraction of sp³-hybridized carbons (Fsp3) is 0.273. The van der Waals surface area contributed by atoms with E-state index >= 15 is 0 Å². The first-order valence-electron chi connectivity index (χ1n) is 9.69. The summed E-state index contributed by atoms with van der Waals surface area (Å²) >= 11 is 0. The minimum Gasteiger partial charge on any atom is -0.385 e. The topological polar surface area (TPSA) is 92.2 Å². The molecule has 0 N–H and O–H groups in total. The van der Waals surface area contributed by atoms with Gasteiger partial charge in [0.1, 0.15) is 6.54 Å². The summed E-state index contributed by atoms with van der Waals surface area (Å²) < 4.78 is 13.2. The highest BCUT2D eigenvalue weighted by Crippen LogP contribution is 2.18. The Hall–Kier alpha value is -3.52. The van der Waals surface area contributed by atoms with Crippen LogP contribution in [0, 0.1) is 6.92 Å². The van der Waals surface area contributed by atoms with Gasteiger partial charge in [-0.05, 0) is 31.5 Å². The Balaban J connectivity index is 1.75. The van der Waals surface area contributed by atoms with Crippen molar-refractivity contribution in [3.8, 4) is 11.4 Å². The molecule has 0 aliphatic heterocycles. The lowest BCUT2D eigenvalue weighted by Gasteiger charge is -2.12. The Morgan fingerprint density at radius 3 is 2.70 bits per heavy atom. The van der Waals surface area contributed by atoms with Crippen molar-refractivity contribution >= 4 is 10.9 Å². The maximum atomic E-state index is 13.1. The molecule has 4 rings (SSSR count). The van der Waals surface area contributed by atoms with Gasteiger partial charge in [-0.25, -0.2) is 4.79 Å². The van der Waals surface area contributed by atoms with Crippen LogP contribution >= 0.6 is 0 Å². The van der Waals surface area contributed by atoms with Gasteiger partial charge in [-0.3, -0.25) is 13.9 Å². The summed E-state index contributed by atoms with van der Waals surface area (Å²) in [5, 5.41) is 4.51. The van der Waals surface area contributed by atoms with Gasteiger partial charge in [-0.15, -0.1) is 0 Å². The van der Waals surface area contributed by atoms with E-state index in [1.165, 1.54) is 9.13 Å². The number of hydrogen-bond donors (Lipinski definition) is 0. The molecule has 8 heteroatoms. The van der Waals surface area contributed by atoms with E-state index in [0.717, 1.165) is 11.1 Å². The van der Waals surface area contributed by atoms with Crippen LogP contribution in [0.4, 0.5) is 0 Å². The van der Waals surface area contributed by atoms with E-state index in [0.29, 0.717) is 35.6 Å². The molecule has 0 spiro atoms. The molecule has 0 saturated heterocycles. The van der Waals surface area contributed by atoms with E-state index in [-0.39, 0.29) is 18.6 Å². The molecule has 2 aromatic heterocycles. The van der Waals surface area contributed by atoms with Gasteiger partial charge in [0.2, 0.25) is 11.7 Å². The Labute approximate surface area is 172 Å². The molecular formula is C22H22N4O4. The Kier molecular flexibility index (Phi) is 5.58. The summed E-state index contributed by atoms with van der Waals surface area (Å²) in [5.74, 6) is 0.750. The minimum atomic E-state index is -0.412. The second-order valence-electron chi connectivity index (χ2n) is 7.07. The minimum absolute atomic E-state index is 0.0721. The highest BCUT2D eigenvalue weighted by Gasteiger charge is 2.16. The molecule has 0 fully saturated rings. The number of methoxy groups -OCH3 is 1. The summed E-state index contributed by atoms with van der Waals surface area (Å²) in [6, 6.07) is 14.8. The summed E-state index contributed by atoms with van der Waals surface area (Å²) in [4.78, 5) is 30.4. The molecule has 0 atom stereocenters. The molecule has 0 aliphatic rings. The second-order valence-corrected chi connectivity index (χ2v) is 7.07. The molecule has 2 heterocycles. The predicted molar refractivity (Wildman–Crippen MR) is 113 cm³/mol. The number of ether oxygens (including phenoxy) is 1. The Morgan fingerprint density at radius 1 is 1.07 bits per heavy atom. The van der Waals surface area contributed by atoms with E-state index < -0.39 is 5.69 Å². The molecule has 0 unspecified atom stereocenters. The van der Waals surface area contributed by atoms with Crippen LogP contribution in [0.25, 0.3) is 22.3 Å². The predicted octanol–water partition coefficient (Wildman–Crippen LogP) is 2.61. The van der Waals surface area contributed by atoms with E-state index in [1.807, 2.05) is 31.2 Å². The number of para-hydroxylation sites is 1. The number of rotatable bonds is 7. The largest absolute Gasteiger partial charge is 0.385 e. The normalized spacial score (nSPS) is 11.3. The maximum absolute atomic E-state index is 13.1. The Morgan fingerprint density at radius 2 is 1.90 bits per heavy atom. The summed E-state index contributed by atoms with van der Waals surface area (Å²) in [6.45, 7) is 2.79. The monoisotopic (exact) mass is 406 g/mol. The van der Waals surface area contributed by atoms with Crippen molar-refractivity contribution in [3.63, 3.8) is 0 Å². The molecule has 2 aromatic carbocycles. The molecule has 0 saturated carbocycles. The van der Waals surface area contributed by atoms with Gasteiger partial charge in [0.05, 0.1) is 10.9 Å². The molecule has 30 heavy (non-hydrogen) atoms. The first kappa shape index (κ1) is 19.8. The van der Waals surface area contributed by atoms with Crippen LogP contribution in [-0.4, -0.2) is 33.0 Å². The zero-order chi connectivity index (χ0) is 21.1. The van der Waals surface area contributed by atoms with Gasteiger partial charge < -0.3 is 9.26 Å². The van der Waals surface area contributed by atoms with Gasteiger partial charge in [0.15, 0.2) is 0 Å². The van der Waals surface area contributed by atoms with Crippen molar-refractivity contribution in [1.82, 2.24) is 19.3 Å². The molecular weight excluding hydrogens is 384 g/mol. The van der Waals surface area contributed by atoms with Crippen LogP contribution in [0.15, 0.2) is 62.6 Å². The smallest absolute Gasteiger partial charge is 0.331 e.